The first kappa shape index (κ1) is 66.5. The van der Waals surface area contributed by atoms with E-state index in [1.54, 1.807) is 6.08 Å². The number of aliphatic hydroxyl groups is 1. The van der Waals surface area contributed by atoms with Crippen LogP contribution in [0, 0.1) is 0 Å². The first-order valence-electron chi connectivity index (χ1n) is 29.0. The van der Waals surface area contributed by atoms with E-state index in [-0.39, 0.29) is 12.5 Å². The van der Waals surface area contributed by atoms with Crippen molar-refractivity contribution >= 4 is 13.7 Å². The van der Waals surface area contributed by atoms with Crippen molar-refractivity contribution in [3.8, 4) is 0 Å². The van der Waals surface area contributed by atoms with Gasteiger partial charge in [-0.15, -0.1) is 0 Å². The first-order valence-corrected chi connectivity index (χ1v) is 30.5. The number of nitrogens with one attached hydrogen (secondary N) is 1. The van der Waals surface area contributed by atoms with Gasteiger partial charge in [-0.2, -0.15) is 0 Å². The van der Waals surface area contributed by atoms with Gasteiger partial charge < -0.3 is 28.8 Å². The van der Waals surface area contributed by atoms with Crippen LogP contribution in [0.4, 0.5) is 0 Å². The number of carbonyl (C=O) groups is 1. The van der Waals surface area contributed by atoms with E-state index < -0.39 is 26.6 Å². The third-order valence-electron chi connectivity index (χ3n) is 13.0. The number of aliphatic hydroxyl groups excluding tert-OH is 1. The summed E-state index contributed by atoms with van der Waals surface area (Å²) in [6.45, 7) is 4.63. The van der Waals surface area contributed by atoms with Crippen molar-refractivity contribution in [3.63, 3.8) is 0 Å². The lowest BCUT2D eigenvalue weighted by atomic mass is 10.0. The number of nitrogens with zero attached hydrogens (tertiary/aromatic N) is 1. The molecule has 0 heterocycles. The average Bonchev–Trinajstić information content (AvgIpc) is 3.30. The summed E-state index contributed by atoms with van der Waals surface area (Å²) in [5.74, 6) is -0.209. The Morgan fingerprint density at radius 2 is 0.824 bits per heavy atom. The van der Waals surface area contributed by atoms with Gasteiger partial charge in [0.15, 0.2) is 0 Å². The lowest BCUT2D eigenvalue weighted by Crippen LogP contribution is -2.45. The van der Waals surface area contributed by atoms with Crippen LogP contribution >= 0.6 is 7.82 Å². The van der Waals surface area contributed by atoms with Crippen LogP contribution in [0.2, 0.25) is 0 Å². The Bertz CT molecular complexity index is 1250. The maximum Gasteiger partial charge on any atom is 0.268 e. The van der Waals surface area contributed by atoms with Crippen molar-refractivity contribution in [1.82, 2.24) is 5.32 Å². The molecule has 0 bridgehead atoms. The third-order valence-corrected chi connectivity index (χ3v) is 14.0. The molecule has 0 saturated heterocycles. The molecule has 0 radical (unpaired) electrons. The SMILES string of the molecule is CCCCCCCCC/C=C/CC/C=C/CC/C=C/C(O)C(COP(=O)([O-])OCC[N+](C)(C)C)NC(=O)CCCCCCCCCCCCCCCCCCC/C=C\CCCCCCCCCC. The van der Waals surface area contributed by atoms with Crippen molar-refractivity contribution in [2.45, 2.75) is 283 Å². The van der Waals surface area contributed by atoms with Crippen LogP contribution in [0.1, 0.15) is 271 Å². The van der Waals surface area contributed by atoms with E-state index in [0.29, 0.717) is 17.4 Å². The van der Waals surface area contributed by atoms with Crippen LogP contribution in [0.25, 0.3) is 0 Å². The van der Waals surface area contributed by atoms with E-state index in [2.05, 4.69) is 55.6 Å². The standard InChI is InChI=1S/C59H113N2O6P/c1-6-8-10-12-14-16-18-20-22-24-25-26-27-28-29-30-31-32-33-34-35-37-39-41-43-45-47-49-51-53-59(63)60-57(56-67-68(64,65)66-55-54-61(3,4)5)58(62)52-50-48-46-44-42-40-38-36-23-21-19-17-15-13-11-9-7-2/h23-25,36,42,44,50,52,57-58,62H,6-22,26-35,37-41,43,45-49,51,53-56H2,1-5H3,(H-,60,63,64,65)/b25-24-,36-23+,44-42+,52-50+. The molecule has 0 aromatic heterocycles. The number of hydrogen-bond donors (Lipinski definition) is 2. The van der Waals surface area contributed by atoms with Crippen molar-refractivity contribution in [2.24, 2.45) is 0 Å². The molecule has 0 aliphatic carbocycles. The smallest absolute Gasteiger partial charge is 0.268 e. The number of carbonyl (C=O) groups excluding carboxylic acids is 1. The predicted molar refractivity (Wildman–Crippen MR) is 293 cm³/mol. The van der Waals surface area contributed by atoms with E-state index in [1.807, 2.05) is 27.2 Å². The lowest BCUT2D eigenvalue weighted by Gasteiger charge is -2.29. The molecule has 3 atom stereocenters. The number of amides is 1. The van der Waals surface area contributed by atoms with E-state index in [1.165, 1.54) is 205 Å². The summed E-state index contributed by atoms with van der Waals surface area (Å²) in [6.07, 6.45) is 66.3. The minimum atomic E-state index is -4.61. The van der Waals surface area contributed by atoms with Gasteiger partial charge >= 0.3 is 0 Å². The molecule has 1 amide bonds. The maximum atomic E-state index is 13.0. The Morgan fingerprint density at radius 3 is 1.19 bits per heavy atom. The molecule has 400 valence electrons. The zero-order valence-corrected chi connectivity index (χ0v) is 46.5. The Morgan fingerprint density at radius 1 is 0.500 bits per heavy atom. The van der Waals surface area contributed by atoms with Gasteiger partial charge in [0.2, 0.25) is 5.91 Å². The predicted octanol–water partition coefficient (Wildman–Crippen LogP) is 16.9. The fourth-order valence-electron chi connectivity index (χ4n) is 8.42. The number of likely N-dealkylation sites (N-methyl/N-ethyl adjacent to an activating group) is 1. The van der Waals surface area contributed by atoms with Crippen molar-refractivity contribution in [2.75, 3.05) is 40.9 Å². The molecule has 0 aromatic carbocycles. The number of rotatable bonds is 53. The normalized spacial score (nSPS) is 14.3. The summed E-state index contributed by atoms with van der Waals surface area (Å²) in [5, 5.41) is 13.8. The number of unbranched alkanes of at least 4 members (excludes halogenated alkanes) is 34. The summed E-state index contributed by atoms with van der Waals surface area (Å²) in [7, 11) is 1.24. The number of hydrogen-bond acceptors (Lipinski definition) is 6. The minimum absolute atomic E-state index is 0.00868. The fraction of sp³-hybridized carbons (Fsp3) is 0.847. The van der Waals surface area contributed by atoms with Crippen molar-refractivity contribution in [3.05, 3.63) is 48.6 Å². The van der Waals surface area contributed by atoms with E-state index in [0.717, 1.165) is 44.9 Å². The number of allylic oxidation sites excluding steroid dienone is 7. The highest BCUT2D eigenvalue weighted by molar-refractivity contribution is 7.45. The summed E-state index contributed by atoms with van der Waals surface area (Å²) in [5.41, 5.74) is 0. The minimum Gasteiger partial charge on any atom is -0.756 e. The molecule has 0 aliphatic heterocycles. The Labute approximate surface area is 422 Å². The van der Waals surface area contributed by atoms with Gasteiger partial charge in [0, 0.05) is 6.42 Å². The van der Waals surface area contributed by atoms with Crippen LogP contribution in [-0.2, 0) is 18.4 Å². The van der Waals surface area contributed by atoms with Gasteiger partial charge in [-0.3, -0.25) is 9.36 Å². The lowest BCUT2D eigenvalue weighted by molar-refractivity contribution is -0.870. The van der Waals surface area contributed by atoms with Gasteiger partial charge in [0.1, 0.15) is 13.2 Å². The molecule has 0 spiro atoms. The Kier molecular flexibility index (Phi) is 49.3. The highest BCUT2D eigenvalue weighted by Gasteiger charge is 2.23. The average molecular weight is 978 g/mol. The zero-order chi connectivity index (χ0) is 49.9. The van der Waals surface area contributed by atoms with Crippen molar-refractivity contribution < 1.29 is 32.9 Å². The molecule has 2 N–H and O–H groups in total. The Balaban J connectivity index is 4.16. The molecular formula is C59H113N2O6P. The second-order valence-corrected chi connectivity index (χ2v) is 22.4. The van der Waals surface area contributed by atoms with Gasteiger partial charge in [0.25, 0.3) is 7.82 Å². The highest BCUT2D eigenvalue weighted by Crippen LogP contribution is 2.38. The Hall–Kier alpha value is -1.54. The summed E-state index contributed by atoms with van der Waals surface area (Å²) >= 11 is 0. The maximum absolute atomic E-state index is 13.0. The molecule has 8 nitrogen and oxygen atoms in total. The topological polar surface area (TPSA) is 108 Å². The molecule has 0 fully saturated rings. The van der Waals surface area contributed by atoms with Crippen LogP contribution in [0.5, 0.6) is 0 Å². The molecule has 0 rings (SSSR count). The van der Waals surface area contributed by atoms with Crippen LogP contribution < -0.4 is 10.2 Å². The van der Waals surface area contributed by atoms with Gasteiger partial charge in [-0.25, -0.2) is 0 Å². The van der Waals surface area contributed by atoms with Gasteiger partial charge in [-0.1, -0.05) is 242 Å². The van der Waals surface area contributed by atoms with E-state index in [9.17, 15) is 19.4 Å². The quantitative estimate of drug-likeness (QED) is 0.0272. The van der Waals surface area contributed by atoms with E-state index >= 15 is 0 Å². The fourth-order valence-corrected chi connectivity index (χ4v) is 9.14. The molecule has 0 aromatic rings. The molecule has 9 heteroatoms. The van der Waals surface area contributed by atoms with Crippen LogP contribution in [-0.4, -0.2) is 68.5 Å². The summed E-state index contributed by atoms with van der Waals surface area (Å²) < 4.78 is 23.3. The van der Waals surface area contributed by atoms with Crippen LogP contribution in [0.3, 0.4) is 0 Å². The second-order valence-electron chi connectivity index (χ2n) is 21.0. The largest absolute Gasteiger partial charge is 0.756 e. The van der Waals surface area contributed by atoms with Gasteiger partial charge in [0.05, 0.1) is 39.9 Å². The van der Waals surface area contributed by atoms with Gasteiger partial charge in [-0.05, 0) is 70.6 Å². The van der Waals surface area contributed by atoms with Crippen molar-refractivity contribution in [1.29, 1.82) is 0 Å². The third kappa shape index (κ3) is 52.3. The second kappa shape index (κ2) is 50.4. The molecular weight excluding hydrogens is 864 g/mol. The summed E-state index contributed by atoms with van der Waals surface area (Å²) in [6, 6.07) is -0.909. The number of phosphoric ester groups is 1. The number of quaternary nitrogens is 1. The molecule has 68 heavy (non-hydrogen) atoms. The summed E-state index contributed by atoms with van der Waals surface area (Å²) in [4.78, 5) is 25.5. The monoisotopic (exact) mass is 977 g/mol. The molecule has 0 aliphatic rings. The molecule has 3 unspecified atom stereocenters. The highest BCUT2D eigenvalue weighted by atomic mass is 31.2. The zero-order valence-electron chi connectivity index (χ0n) is 45.6. The molecule has 0 saturated carbocycles. The van der Waals surface area contributed by atoms with Crippen LogP contribution in [0.15, 0.2) is 48.6 Å². The van der Waals surface area contributed by atoms with E-state index in [4.69, 9.17) is 9.05 Å². The first-order chi connectivity index (χ1) is 33.0. The number of phosphoric acid groups is 1.